The van der Waals surface area contributed by atoms with E-state index in [9.17, 15) is 18.0 Å². The van der Waals surface area contributed by atoms with Crippen molar-refractivity contribution < 1.29 is 18.0 Å². The molecular formula is C19H17F3N4O. The Morgan fingerprint density at radius 2 is 1.81 bits per heavy atom. The van der Waals surface area contributed by atoms with Crippen LogP contribution in [0.4, 0.5) is 13.2 Å². The zero-order chi connectivity index (χ0) is 19.6. The van der Waals surface area contributed by atoms with Gasteiger partial charge in [-0.25, -0.2) is 4.68 Å². The van der Waals surface area contributed by atoms with Crippen LogP contribution in [0.25, 0.3) is 5.69 Å². The number of aromatic nitrogens is 3. The van der Waals surface area contributed by atoms with E-state index in [2.05, 4.69) is 15.4 Å². The van der Waals surface area contributed by atoms with Gasteiger partial charge in [-0.3, -0.25) is 9.78 Å². The highest BCUT2D eigenvalue weighted by Crippen LogP contribution is 2.33. The Morgan fingerprint density at radius 3 is 2.44 bits per heavy atom. The molecule has 8 heteroatoms. The van der Waals surface area contributed by atoms with Gasteiger partial charge >= 0.3 is 6.18 Å². The minimum Gasteiger partial charge on any atom is -0.346 e. The van der Waals surface area contributed by atoms with Crippen molar-refractivity contribution in [2.45, 2.75) is 26.6 Å². The van der Waals surface area contributed by atoms with E-state index in [0.717, 1.165) is 22.0 Å². The SMILES string of the molecule is Cc1ccc(-n2ncc(C(=O)NCc3cc(C)ccn3)c2C(F)(F)F)cc1. The summed E-state index contributed by atoms with van der Waals surface area (Å²) in [7, 11) is 0. The van der Waals surface area contributed by atoms with Crippen LogP contribution in [0.2, 0.25) is 0 Å². The van der Waals surface area contributed by atoms with Crippen LogP contribution in [0.5, 0.6) is 0 Å². The molecule has 0 saturated heterocycles. The molecule has 5 nitrogen and oxygen atoms in total. The Hall–Kier alpha value is -3.16. The van der Waals surface area contributed by atoms with Crippen LogP contribution in [0.3, 0.4) is 0 Å². The first kappa shape index (κ1) is 18.6. The number of rotatable bonds is 4. The van der Waals surface area contributed by atoms with Gasteiger partial charge in [0.15, 0.2) is 5.69 Å². The fourth-order valence-corrected chi connectivity index (χ4v) is 2.63. The van der Waals surface area contributed by atoms with Crippen LogP contribution in [-0.4, -0.2) is 20.7 Å². The number of nitrogens with zero attached hydrogens (tertiary/aromatic N) is 3. The lowest BCUT2D eigenvalue weighted by atomic mass is 10.2. The molecule has 0 radical (unpaired) electrons. The summed E-state index contributed by atoms with van der Waals surface area (Å²) < 4.78 is 41.6. The summed E-state index contributed by atoms with van der Waals surface area (Å²) in [6.45, 7) is 3.71. The summed E-state index contributed by atoms with van der Waals surface area (Å²) in [6, 6.07) is 9.95. The molecule has 27 heavy (non-hydrogen) atoms. The summed E-state index contributed by atoms with van der Waals surface area (Å²) in [5, 5.41) is 6.27. The Morgan fingerprint density at radius 1 is 1.11 bits per heavy atom. The van der Waals surface area contributed by atoms with Crippen molar-refractivity contribution in [2.24, 2.45) is 0 Å². The quantitative estimate of drug-likeness (QED) is 0.755. The van der Waals surface area contributed by atoms with Gasteiger partial charge < -0.3 is 5.32 Å². The van der Waals surface area contributed by atoms with Crippen LogP contribution >= 0.6 is 0 Å². The lowest BCUT2D eigenvalue weighted by Gasteiger charge is -2.13. The van der Waals surface area contributed by atoms with Crippen LogP contribution < -0.4 is 5.32 Å². The highest BCUT2D eigenvalue weighted by Gasteiger charge is 2.40. The van der Waals surface area contributed by atoms with E-state index in [0.29, 0.717) is 5.69 Å². The summed E-state index contributed by atoms with van der Waals surface area (Å²) in [5.41, 5.74) is 0.993. The summed E-state index contributed by atoms with van der Waals surface area (Å²) in [5.74, 6) is -0.857. The van der Waals surface area contributed by atoms with Crippen LogP contribution in [0, 0.1) is 13.8 Å². The molecule has 1 N–H and O–H groups in total. The average molecular weight is 374 g/mol. The topological polar surface area (TPSA) is 59.8 Å². The van der Waals surface area contributed by atoms with Gasteiger partial charge in [0, 0.05) is 6.20 Å². The van der Waals surface area contributed by atoms with Gasteiger partial charge in [-0.1, -0.05) is 17.7 Å². The fraction of sp³-hybridized carbons (Fsp3) is 0.211. The molecule has 3 aromatic rings. The standard InChI is InChI=1S/C19H17F3N4O/c1-12-3-5-15(6-4-12)26-17(19(20,21)22)16(11-25-26)18(27)24-10-14-9-13(2)7-8-23-14/h3-9,11H,10H2,1-2H3,(H,24,27). The zero-order valence-electron chi connectivity index (χ0n) is 14.7. The normalized spacial score (nSPS) is 11.4. The second-order valence-electron chi connectivity index (χ2n) is 6.16. The number of hydrogen-bond donors (Lipinski definition) is 1. The molecule has 0 spiro atoms. The predicted octanol–water partition coefficient (Wildman–Crippen LogP) is 3.83. The number of pyridine rings is 1. The van der Waals surface area contributed by atoms with Crippen molar-refractivity contribution in [3.63, 3.8) is 0 Å². The number of benzene rings is 1. The van der Waals surface area contributed by atoms with E-state index in [1.807, 2.05) is 13.8 Å². The van der Waals surface area contributed by atoms with Crippen molar-refractivity contribution in [3.8, 4) is 5.69 Å². The number of carbonyl (C=O) groups excluding carboxylic acids is 1. The molecule has 0 saturated carbocycles. The summed E-state index contributed by atoms with van der Waals surface area (Å²) >= 11 is 0. The number of nitrogens with one attached hydrogen (secondary N) is 1. The van der Waals surface area contributed by atoms with Crippen molar-refractivity contribution in [2.75, 3.05) is 0 Å². The molecule has 0 bridgehead atoms. The second-order valence-corrected chi connectivity index (χ2v) is 6.16. The Labute approximate surface area is 153 Å². The maximum Gasteiger partial charge on any atom is 0.434 e. The Balaban J connectivity index is 1.90. The average Bonchev–Trinajstić information content (AvgIpc) is 3.06. The van der Waals surface area contributed by atoms with E-state index in [-0.39, 0.29) is 12.2 Å². The molecule has 2 heterocycles. The lowest BCUT2D eigenvalue weighted by Crippen LogP contribution is -2.26. The lowest BCUT2D eigenvalue weighted by molar-refractivity contribution is -0.143. The van der Waals surface area contributed by atoms with Crippen molar-refractivity contribution in [1.82, 2.24) is 20.1 Å². The van der Waals surface area contributed by atoms with Gasteiger partial charge in [0.05, 0.1) is 29.7 Å². The maximum atomic E-state index is 13.6. The van der Waals surface area contributed by atoms with E-state index < -0.39 is 23.3 Å². The molecule has 0 fully saturated rings. The highest BCUT2D eigenvalue weighted by molar-refractivity contribution is 5.95. The van der Waals surface area contributed by atoms with Gasteiger partial charge in [0.25, 0.3) is 5.91 Å². The first-order chi connectivity index (χ1) is 12.8. The van der Waals surface area contributed by atoms with Gasteiger partial charge in [0.1, 0.15) is 0 Å². The van der Waals surface area contributed by atoms with E-state index in [1.54, 1.807) is 30.5 Å². The monoisotopic (exact) mass is 374 g/mol. The van der Waals surface area contributed by atoms with Gasteiger partial charge in [0.2, 0.25) is 0 Å². The molecule has 0 aliphatic carbocycles. The smallest absolute Gasteiger partial charge is 0.346 e. The molecule has 140 valence electrons. The molecule has 3 rings (SSSR count). The van der Waals surface area contributed by atoms with Gasteiger partial charge in [-0.2, -0.15) is 18.3 Å². The summed E-state index contributed by atoms with van der Waals surface area (Å²) in [4.78, 5) is 16.5. The van der Waals surface area contributed by atoms with E-state index in [1.165, 1.54) is 12.1 Å². The Bertz CT molecular complexity index is 962. The molecule has 0 unspecified atom stereocenters. The third kappa shape index (κ3) is 4.16. The highest BCUT2D eigenvalue weighted by atomic mass is 19.4. The van der Waals surface area contributed by atoms with E-state index >= 15 is 0 Å². The number of hydrogen-bond acceptors (Lipinski definition) is 3. The molecule has 0 aliphatic heterocycles. The van der Waals surface area contributed by atoms with Crippen LogP contribution in [0.1, 0.15) is 32.9 Å². The largest absolute Gasteiger partial charge is 0.434 e. The third-order valence-electron chi connectivity index (χ3n) is 3.96. The molecule has 1 amide bonds. The first-order valence-electron chi connectivity index (χ1n) is 8.17. The van der Waals surface area contributed by atoms with Crippen molar-refractivity contribution in [3.05, 3.63) is 76.9 Å². The molecule has 2 aromatic heterocycles. The predicted molar refractivity (Wildman–Crippen MR) is 93.4 cm³/mol. The number of carbonyl (C=O) groups is 1. The fourth-order valence-electron chi connectivity index (χ4n) is 2.63. The Kier molecular flexibility index (Phi) is 4.98. The molecule has 0 aliphatic rings. The minimum atomic E-state index is -4.74. The number of amides is 1. The number of aryl methyl sites for hydroxylation is 2. The maximum absolute atomic E-state index is 13.6. The first-order valence-corrected chi connectivity index (χ1v) is 8.17. The third-order valence-corrected chi connectivity index (χ3v) is 3.96. The number of alkyl halides is 3. The molecule has 0 atom stereocenters. The minimum absolute atomic E-state index is 0.0214. The second kappa shape index (κ2) is 7.22. The molecule has 1 aromatic carbocycles. The van der Waals surface area contributed by atoms with Gasteiger partial charge in [-0.05, 0) is 43.7 Å². The summed E-state index contributed by atoms with van der Waals surface area (Å²) in [6.07, 6.45) is -2.23. The van der Waals surface area contributed by atoms with E-state index in [4.69, 9.17) is 0 Å². The molecular weight excluding hydrogens is 357 g/mol. The van der Waals surface area contributed by atoms with Crippen molar-refractivity contribution in [1.29, 1.82) is 0 Å². The van der Waals surface area contributed by atoms with Gasteiger partial charge in [-0.15, -0.1) is 0 Å². The van der Waals surface area contributed by atoms with Crippen LogP contribution in [-0.2, 0) is 12.7 Å². The van der Waals surface area contributed by atoms with Crippen LogP contribution in [0.15, 0.2) is 48.8 Å². The van der Waals surface area contributed by atoms with Crippen molar-refractivity contribution >= 4 is 5.91 Å². The number of halogens is 3. The zero-order valence-corrected chi connectivity index (χ0v) is 14.7.